The molecule has 0 radical (unpaired) electrons. The molecule has 0 unspecified atom stereocenters. The zero-order valence-electron chi connectivity index (χ0n) is 10.8. The topological polar surface area (TPSA) is 43.4 Å². The van der Waals surface area contributed by atoms with Crippen LogP contribution in [0.4, 0.5) is 0 Å². The number of ether oxygens (including phenoxy) is 1. The number of esters is 1. The van der Waals surface area contributed by atoms with Crippen molar-refractivity contribution in [3.8, 4) is 0 Å². The summed E-state index contributed by atoms with van der Waals surface area (Å²) in [7, 11) is 0. The van der Waals surface area contributed by atoms with Crippen molar-refractivity contribution in [1.29, 1.82) is 0 Å². The minimum Gasteiger partial charge on any atom is -0.460 e. The highest BCUT2D eigenvalue weighted by molar-refractivity contribution is 6.30. The molecule has 0 aliphatic heterocycles. The molecule has 0 aliphatic carbocycles. The van der Waals surface area contributed by atoms with Crippen molar-refractivity contribution in [3.63, 3.8) is 0 Å². The Labute approximate surface area is 112 Å². The molecular formula is C14H17ClO3. The highest BCUT2D eigenvalue weighted by atomic mass is 35.5. The van der Waals surface area contributed by atoms with Crippen LogP contribution in [0.5, 0.6) is 0 Å². The van der Waals surface area contributed by atoms with E-state index in [1.165, 1.54) is 0 Å². The number of carbonyl (C=O) groups excluding carboxylic acids is 2. The molecule has 0 N–H and O–H groups in total. The average molecular weight is 269 g/mol. The first-order valence-corrected chi connectivity index (χ1v) is 6.16. The van der Waals surface area contributed by atoms with E-state index in [9.17, 15) is 9.59 Å². The van der Waals surface area contributed by atoms with Crippen LogP contribution in [0, 0.1) is 0 Å². The van der Waals surface area contributed by atoms with Gasteiger partial charge in [-0.05, 0) is 45.0 Å². The van der Waals surface area contributed by atoms with E-state index in [4.69, 9.17) is 16.3 Å². The van der Waals surface area contributed by atoms with Crippen LogP contribution in [0.25, 0.3) is 0 Å². The van der Waals surface area contributed by atoms with Crippen molar-refractivity contribution in [1.82, 2.24) is 0 Å². The zero-order valence-corrected chi connectivity index (χ0v) is 11.6. The van der Waals surface area contributed by atoms with Gasteiger partial charge in [0, 0.05) is 17.0 Å². The molecule has 1 rings (SSSR count). The van der Waals surface area contributed by atoms with Gasteiger partial charge in [-0.1, -0.05) is 11.6 Å². The third-order valence-corrected chi connectivity index (χ3v) is 2.39. The van der Waals surface area contributed by atoms with Crippen LogP contribution in [0.2, 0.25) is 5.02 Å². The second-order valence-corrected chi connectivity index (χ2v) is 5.45. The van der Waals surface area contributed by atoms with Crippen LogP contribution in [-0.2, 0) is 9.53 Å². The molecule has 0 fully saturated rings. The van der Waals surface area contributed by atoms with Crippen molar-refractivity contribution in [2.75, 3.05) is 0 Å². The van der Waals surface area contributed by atoms with Crippen LogP contribution in [0.3, 0.4) is 0 Å². The predicted octanol–water partition coefficient (Wildman–Crippen LogP) is 3.64. The highest BCUT2D eigenvalue weighted by Gasteiger charge is 2.17. The van der Waals surface area contributed by atoms with E-state index in [-0.39, 0.29) is 24.6 Å². The SMILES string of the molecule is CC(C)(C)OC(=O)CCC(=O)c1ccc(Cl)cc1. The summed E-state index contributed by atoms with van der Waals surface area (Å²) < 4.78 is 5.13. The van der Waals surface area contributed by atoms with Crippen LogP contribution in [0.15, 0.2) is 24.3 Å². The van der Waals surface area contributed by atoms with Gasteiger partial charge < -0.3 is 4.74 Å². The first kappa shape index (κ1) is 14.7. The lowest BCUT2D eigenvalue weighted by atomic mass is 10.1. The maximum atomic E-state index is 11.8. The van der Waals surface area contributed by atoms with Crippen LogP contribution < -0.4 is 0 Å². The number of carbonyl (C=O) groups is 2. The average Bonchev–Trinajstić information content (AvgIpc) is 2.24. The summed E-state index contributed by atoms with van der Waals surface area (Å²) in [5.41, 5.74) is 0.0448. The molecule has 0 spiro atoms. The Morgan fingerprint density at radius 3 is 2.17 bits per heavy atom. The smallest absolute Gasteiger partial charge is 0.306 e. The molecule has 0 amide bonds. The summed E-state index contributed by atoms with van der Waals surface area (Å²) in [5, 5.41) is 0.582. The minimum absolute atomic E-state index is 0.0856. The van der Waals surface area contributed by atoms with Gasteiger partial charge in [-0.25, -0.2) is 0 Å². The fourth-order valence-corrected chi connectivity index (χ4v) is 1.51. The number of benzene rings is 1. The number of ketones is 1. The summed E-state index contributed by atoms with van der Waals surface area (Å²) in [5.74, 6) is -0.442. The van der Waals surface area contributed by atoms with Gasteiger partial charge in [-0.15, -0.1) is 0 Å². The lowest BCUT2D eigenvalue weighted by Crippen LogP contribution is -2.24. The third kappa shape index (κ3) is 5.32. The van der Waals surface area contributed by atoms with Crippen LogP contribution in [-0.4, -0.2) is 17.4 Å². The Balaban J connectivity index is 2.47. The molecule has 0 heterocycles. The number of Topliss-reactive ketones (excluding diaryl/α,β-unsaturated/α-hetero) is 1. The second-order valence-electron chi connectivity index (χ2n) is 5.02. The third-order valence-electron chi connectivity index (χ3n) is 2.14. The largest absolute Gasteiger partial charge is 0.460 e. The van der Waals surface area contributed by atoms with Crippen molar-refractivity contribution in [3.05, 3.63) is 34.9 Å². The number of hydrogen-bond donors (Lipinski definition) is 0. The van der Waals surface area contributed by atoms with Gasteiger partial charge in [-0.2, -0.15) is 0 Å². The Morgan fingerprint density at radius 1 is 1.11 bits per heavy atom. The molecule has 18 heavy (non-hydrogen) atoms. The van der Waals surface area contributed by atoms with Gasteiger partial charge in [0.15, 0.2) is 5.78 Å². The first-order valence-electron chi connectivity index (χ1n) is 5.78. The monoisotopic (exact) mass is 268 g/mol. The molecule has 0 atom stereocenters. The fourth-order valence-electron chi connectivity index (χ4n) is 1.39. The maximum absolute atomic E-state index is 11.8. The Morgan fingerprint density at radius 2 is 1.67 bits per heavy atom. The predicted molar refractivity (Wildman–Crippen MR) is 70.9 cm³/mol. The van der Waals surface area contributed by atoms with E-state index in [1.54, 1.807) is 45.0 Å². The molecule has 98 valence electrons. The molecule has 0 aliphatic rings. The summed E-state index contributed by atoms with van der Waals surface area (Å²) in [6.07, 6.45) is 0.245. The quantitative estimate of drug-likeness (QED) is 0.618. The fraction of sp³-hybridized carbons (Fsp3) is 0.429. The summed E-state index contributed by atoms with van der Waals surface area (Å²) in [6.45, 7) is 5.39. The van der Waals surface area contributed by atoms with E-state index in [0.717, 1.165) is 0 Å². The highest BCUT2D eigenvalue weighted by Crippen LogP contribution is 2.13. The minimum atomic E-state index is -0.513. The van der Waals surface area contributed by atoms with Crippen LogP contribution in [0.1, 0.15) is 44.0 Å². The molecule has 0 saturated heterocycles. The van der Waals surface area contributed by atoms with Crippen molar-refractivity contribution in [2.24, 2.45) is 0 Å². The summed E-state index contributed by atoms with van der Waals surface area (Å²) >= 11 is 5.73. The van der Waals surface area contributed by atoms with E-state index in [1.807, 2.05) is 0 Å². The summed E-state index contributed by atoms with van der Waals surface area (Å²) in [4.78, 5) is 23.2. The second kappa shape index (κ2) is 6.01. The van der Waals surface area contributed by atoms with Gasteiger partial charge in [0.2, 0.25) is 0 Å². The van der Waals surface area contributed by atoms with E-state index in [0.29, 0.717) is 10.6 Å². The molecule has 1 aromatic rings. The normalized spacial score (nSPS) is 11.1. The molecular weight excluding hydrogens is 252 g/mol. The molecule has 4 heteroatoms. The lowest BCUT2D eigenvalue weighted by Gasteiger charge is -2.19. The molecule has 0 aromatic heterocycles. The van der Waals surface area contributed by atoms with Gasteiger partial charge in [0.1, 0.15) is 5.60 Å². The molecule has 1 aromatic carbocycles. The van der Waals surface area contributed by atoms with Crippen LogP contribution >= 0.6 is 11.6 Å². The number of rotatable bonds is 4. The summed E-state index contributed by atoms with van der Waals surface area (Å²) in [6, 6.07) is 6.62. The first-order chi connectivity index (χ1) is 8.28. The van der Waals surface area contributed by atoms with Gasteiger partial charge in [-0.3, -0.25) is 9.59 Å². The lowest BCUT2D eigenvalue weighted by molar-refractivity contribution is -0.154. The standard InChI is InChI=1S/C14H17ClO3/c1-14(2,3)18-13(17)9-8-12(16)10-4-6-11(15)7-5-10/h4-7H,8-9H2,1-3H3. The Kier molecular flexibility index (Phi) is 4.91. The van der Waals surface area contributed by atoms with Gasteiger partial charge in [0.25, 0.3) is 0 Å². The molecule has 3 nitrogen and oxygen atoms in total. The number of hydrogen-bond acceptors (Lipinski definition) is 3. The molecule has 0 bridgehead atoms. The maximum Gasteiger partial charge on any atom is 0.306 e. The van der Waals surface area contributed by atoms with E-state index >= 15 is 0 Å². The Hall–Kier alpha value is -1.35. The Bertz CT molecular complexity index is 429. The van der Waals surface area contributed by atoms with Crippen molar-refractivity contribution >= 4 is 23.4 Å². The van der Waals surface area contributed by atoms with Gasteiger partial charge >= 0.3 is 5.97 Å². The van der Waals surface area contributed by atoms with Gasteiger partial charge in [0.05, 0.1) is 6.42 Å². The van der Waals surface area contributed by atoms with E-state index in [2.05, 4.69) is 0 Å². The van der Waals surface area contributed by atoms with Crippen molar-refractivity contribution in [2.45, 2.75) is 39.2 Å². The van der Waals surface area contributed by atoms with E-state index < -0.39 is 5.60 Å². The molecule has 0 saturated carbocycles. The zero-order chi connectivity index (χ0) is 13.8. The number of halogens is 1. The van der Waals surface area contributed by atoms with Crippen molar-refractivity contribution < 1.29 is 14.3 Å².